The number of methoxy groups -OCH3 is 2. The van der Waals surface area contributed by atoms with E-state index in [9.17, 15) is 9.59 Å². The molecule has 1 aromatic heterocycles. The molecule has 1 heterocycles. The van der Waals surface area contributed by atoms with Gasteiger partial charge in [-0.1, -0.05) is 25.5 Å². The Balaban J connectivity index is 2.52. The fraction of sp³-hybridized carbons (Fsp3) is 0.412. The van der Waals surface area contributed by atoms with E-state index in [1.165, 1.54) is 14.2 Å². The van der Waals surface area contributed by atoms with Crippen LogP contribution in [-0.4, -0.2) is 26.2 Å². The lowest BCUT2D eigenvalue weighted by Gasteiger charge is -2.25. The van der Waals surface area contributed by atoms with Crippen molar-refractivity contribution >= 4 is 17.5 Å². The van der Waals surface area contributed by atoms with Gasteiger partial charge in [0.05, 0.1) is 20.5 Å². The van der Waals surface area contributed by atoms with E-state index in [1.807, 2.05) is 19.1 Å². The number of unbranched alkanes of at least 4 members (excludes halogenated alkanes) is 1. The maximum atomic E-state index is 12.4. The van der Waals surface area contributed by atoms with Crippen molar-refractivity contribution in [2.45, 2.75) is 26.2 Å². The van der Waals surface area contributed by atoms with Crippen LogP contribution in [0.5, 0.6) is 0 Å². The normalized spacial score (nSPS) is 18.1. The molecular formula is C17H20O5. The van der Waals surface area contributed by atoms with Gasteiger partial charge < -0.3 is 13.9 Å². The summed E-state index contributed by atoms with van der Waals surface area (Å²) in [6.45, 7) is 2.03. The maximum absolute atomic E-state index is 12.4. The van der Waals surface area contributed by atoms with Gasteiger partial charge in [0.1, 0.15) is 5.76 Å². The van der Waals surface area contributed by atoms with E-state index in [-0.39, 0.29) is 6.42 Å². The second-order valence-electron chi connectivity index (χ2n) is 5.16. The first-order valence-corrected chi connectivity index (χ1v) is 7.22. The SMILES string of the molecule is CCC/C=C1\C=C(c2ccco2)CC1(C(=O)OC)C(=O)OC. The number of carbonyl (C=O) groups excluding carboxylic acids is 2. The molecule has 0 unspecified atom stereocenters. The largest absolute Gasteiger partial charge is 0.468 e. The summed E-state index contributed by atoms with van der Waals surface area (Å²) < 4.78 is 15.2. The molecule has 0 aromatic carbocycles. The highest BCUT2D eigenvalue weighted by molar-refractivity contribution is 6.08. The maximum Gasteiger partial charge on any atom is 0.328 e. The molecule has 22 heavy (non-hydrogen) atoms. The van der Waals surface area contributed by atoms with Crippen molar-refractivity contribution in [1.82, 2.24) is 0 Å². The van der Waals surface area contributed by atoms with Gasteiger partial charge in [-0.15, -0.1) is 0 Å². The summed E-state index contributed by atoms with van der Waals surface area (Å²) in [5.74, 6) is -0.587. The van der Waals surface area contributed by atoms with Crippen LogP contribution in [0.3, 0.4) is 0 Å². The minimum Gasteiger partial charge on any atom is -0.468 e. The first-order chi connectivity index (χ1) is 10.6. The van der Waals surface area contributed by atoms with Crippen LogP contribution in [0.1, 0.15) is 31.9 Å². The molecule has 5 nitrogen and oxygen atoms in total. The monoisotopic (exact) mass is 304 g/mol. The summed E-state index contributed by atoms with van der Waals surface area (Å²) in [4.78, 5) is 24.8. The molecule has 0 spiro atoms. The van der Waals surface area contributed by atoms with E-state index in [2.05, 4.69) is 0 Å². The molecule has 0 saturated carbocycles. The highest BCUT2D eigenvalue weighted by atomic mass is 16.5. The minimum atomic E-state index is -1.44. The number of furan rings is 1. The summed E-state index contributed by atoms with van der Waals surface area (Å²) in [6, 6.07) is 3.57. The van der Waals surface area contributed by atoms with Crippen LogP contribution < -0.4 is 0 Å². The van der Waals surface area contributed by atoms with Crippen molar-refractivity contribution in [2.75, 3.05) is 14.2 Å². The van der Waals surface area contributed by atoms with Crippen LogP contribution in [0.15, 0.2) is 40.5 Å². The number of ether oxygens (including phenoxy) is 2. The van der Waals surface area contributed by atoms with Crippen molar-refractivity contribution < 1.29 is 23.5 Å². The molecule has 1 aromatic rings. The highest BCUT2D eigenvalue weighted by Gasteiger charge is 2.54. The Morgan fingerprint density at radius 1 is 1.32 bits per heavy atom. The average Bonchev–Trinajstić information content (AvgIpc) is 3.19. The molecule has 0 radical (unpaired) electrons. The summed E-state index contributed by atoms with van der Waals surface area (Å²) in [7, 11) is 2.55. The Kier molecular flexibility index (Phi) is 4.85. The van der Waals surface area contributed by atoms with Gasteiger partial charge in [-0.05, 0) is 29.7 Å². The Labute approximate surface area is 129 Å². The average molecular weight is 304 g/mol. The molecule has 1 aliphatic rings. The van der Waals surface area contributed by atoms with Crippen LogP contribution in [0.4, 0.5) is 0 Å². The van der Waals surface area contributed by atoms with Gasteiger partial charge in [0.25, 0.3) is 0 Å². The summed E-state index contributed by atoms with van der Waals surface area (Å²) in [5, 5.41) is 0. The van der Waals surface area contributed by atoms with Gasteiger partial charge in [0.15, 0.2) is 5.41 Å². The second-order valence-corrected chi connectivity index (χ2v) is 5.16. The standard InChI is InChI=1S/C17H20O5/c1-4-5-7-13-10-12(14-8-6-9-22-14)11-17(13,15(18)20-2)16(19)21-3/h6-10H,4-5,11H2,1-3H3/b13-7+. The molecule has 2 rings (SSSR count). The Morgan fingerprint density at radius 3 is 2.50 bits per heavy atom. The third-order valence-electron chi connectivity index (χ3n) is 3.84. The quantitative estimate of drug-likeness (QED) is 0.617. The van der Waals surface area contributed by atoms with Crippen molar-refractivity contribution in [3.8, 4) is 0 Å². The Hall–Kier alpha value is -2.30. The van der Waals surface area contributed by atoms with Crippen LogP contribution in [-0.2, 0) is 19.1 Å². The lowest BCUT2D eigenvalue weighted by Crippen LogP contribution is -2.40. The number of hydrogen-bond donors (Lipinski definition) is 0. The number of allylic oxidation sites excluding steroid dienone is 3. The molecule has 5 heteroatoms. The third kappa shape index (κ3) is 2.58. The second kappa shape index (κ2) is 6.64. The Morgan fingerprint density at radius 2 is 2.00 bits per heavy atom. The van der Waals surface area contributed by atoms with Gasteiger partial charge in [0, 0.05) is 6.42 Å². The molecule has 0 saturated heterocycles. The van der Waals surface area contributed by atoms with E-state index in [4.69, 9.17) is 13.9 Å². The van der Waals surface area contributed by atoms with E-state index in [0.717, 1.165) is 18.4 Å². The molecule has 0 aliphatic heterocycles. The number of esters is 2. The van der Waals surface area contributed by atoms with Crippen LogP contribution in [0, 0.1) is 5.41 Å². The van der Waals surface area contributed by atoms with Gasteiger partial charge in [0.2, 0.25) is 0 Å². The van der Waals surface area contributed by atoms with Crippen molar-refractivity contribution in [3.63, 3.8) is 0 Å². The fourth-order valence-corrected chi connectivity index (χ4v) is 2.71. The van der Waals surface area contributed by atoms with Crippen LogP contribution in [0.2, 0.25) is 0 Å². The lowest BCUT2D eigenvalue weighted by molar-refractivity contribution is -0.165. The zero-order valence-corrected chi connectivity index (χ0v) is 13.0. The predicted octanol–water partition coefficient (Wildman–Crippen LogP) is 3.13. The molecule has 118 valence electrons. The van der Waals surface area contributed by atoms with Crippen molar-refractivity contribution in [2.24, 2.45) is 5.41 Å². The van der Waals surface area contributed by atoms with E-state index < -0.39 is 17.4 Å². The zero-order chi connectivity index (χ0) is 16.2. The van der Waals surface area contributed by atoms with E-state index in [0.29, 0.717) is 11.3 Å². The molecule has 0 fully saturated rings. The predicted molar refractivity (Wildman–Crippen MR) is 80.8 cm³/mol. The van der Waals surface area contributed by atoms with E-state index in [1.54, 1.807) is 18.4 Å². The number of carbonyl (C=O) groups is 2. The summed E-state index contributed by atoms with van der Waals surface area (Å²) in [5.41, 5.74) is -0.0524. The lowest BCUT2D eigenvalue weighted by atomic mass is 9.80. The molecule has 0 amide bonds. The zero-order valence-electron chi connectivity index (χ0n) is 13.0. The smallest absolute Gasteiger partial charge is 0.328 e. The third-order valence-corrected chi connectivity index (χ3v) is 3.84. The molecule has 0 N–H and O–H groups in total. The minimum absolute atomic E-state index is 0.176. The van der Waals surface area contributed by atoms with Crippen molar-refractivity contribution in [1.29, 1.82) is 0 Å². The number of rotatable bonds is 5. The molecule has 0 bridgehead atoms. The van der Waals surface area contributed by atoms with Gasteiger partial charge in [-0.2, -0.15) is 0 Å². The van der Waals surface area contributed by atoms with Gasteiger partial charge in [-0.25, -0.2) is 0 Å². The molecular weight excluding hydrogens is 284 g/mol. The fourth-order valence-electron chi connectivity index (χ4n) is 2.71. The molecule has 1 aliphatic carbocycles. The summed E-state index contributed by atoms with van der Waals surface area (Å²) >= 11 is 0. The number of hydrogen-bond acceptors (Lipinski definition) is 5. The Bertz CT molecular complexity index is 591. The highest BCUT2D eigenvalue weighted by Crippen LogP contribution is 2.47. The van der Waals surface area contributed by atoms with Crippen LogP contribution >= 0.6 is 0 Å². The first-order valence-electron chi connectivity index (χ1n) is 7.22. The van der Waals surface area contributed by atoms with Gasteiger partial charge >= 0.3 is 11.9 Å². The van der Waals surface area contributed by atoms with E-state index >= 15 is 0 Å². The first kappa shape index (κ1) is 16.1. The molecule has 0 atom stereocenters. The van der Waals surface area contributed by atoms with Gasteiger partial charge in [-0.3, -0.25) is 9.59 Å². The topological polar surface area (TPSA) is 65.7 Å². The van der Waals surface area contributed by atoms with Crippen LogP contribution in [0.25, 0.3) is 5.57 Å². The summed E-state index contributed by atoms with van der Waals surface area (Å²) in [6.07, 6.45) is 7.11. The van der Waals surface area contributed by atoms with Crippen molar-refractivity contribution in [3.05, 3.63) is 41.9 Å².